The van der Waals surface area contributed by atoms with Crippen LogP contribution in [0.15, 0.2) is 36.5 Å². The van der Waals surface area contributed by atoms with E-state index in [0.29, 0.717) is 13.0 Å². The number of hydrogen-bond donors (Lipinski definition) is 0. The number of pyridine rings is 1. The number of amides is 1. The fraction of sp³-hybridized carbons (Fsp3) is 0.294. The molecule has 3 heteroatoms. The third-order valence-corrected chi connectivity index (χ3v) is 3.84. The highest BCUT2D eigenvalue weighted by Gasteiger charge is 2.27. The van der Waals surface area contributed by atoms with Gasteiger partial charge in [0.05, 0.1) is 5.52 Å². The van der Waals surface area contributed by atoms with E-state index in [2.05, 4.69) is 23.0 Å². The van der Waals surface area contributed by atoms with E-state index in [1.807, 2.05) is 23.1 Å². The summed E-state index contributed by atoms with van der Waals surface area (Å²) in [5, 5.41) is 1.16. The summed E-state index contributed by atoms with van der Waals surface area (Å²) in [7, 11) is 0. The van der Waals surface area contributed by atoms with Crippen molar-refractivity contribution in [3.8, 4) is 12.3 Å². The fourth-order valence-corrected chi connectivity index (χ4v) is 2.74. The molecule has 0 saturated carbocycles. The Kier molecular flexibility index (Phi) is 3.39. The van der Waals surface area contributed by atoms with Crippen molar-refractivity contribution >= 4 is 16.8 Å². The van der Waals surface area contributed by atoms with Gasteiger partial charge in [-0.1, -0.05) is 18.2 Å². The van der Waals surface area contributed by atoms with Gasteiger partial charge in [0.15, 0.2) is 0 Å². The molecule has 0 N–H and O–H groups in total. The van der Waals surface area contributed by atoms with Crippen molar-refractivity contribution in [2.75, 3.05) is 13.1 Å². The summed E-state index contributed by atoms with van der Waals surface area (Å²) in [6.07, 6.45) is 8.53. The molecule has 100 valence electrons. The largest absolute Gasteiger partial charge is 0.341 e. The maximum absolute atomic E-state index is 11.8. The molecule has 1 aliphatic heterocycles. The highest BCUT2D eigenvalue weighted by Crippen LogP contribution is 2.20. The van der Waals surface area contributed by atoms with Crippen LogP contribution in [0.1, 0.15) is 12.0 Å². The molecule has 0 spiro atoms. The number of nitrogens with zero attached hydrogens (tertiary/aromatic N) is 2. The summed E-state index contributed by atoms with van der Waals surface area (Å²) in [6.45, 7) is 1.42. The van der Waals surface area contributed by atoms with Crippen LogP contribution in [0.4, 0.5) is 0 Å². The van der Waals surface area contributed by atoms with Crippen molar-refractivity contribution in [3.05, 3.63) is 42.1 Å². The Bertz CT molecular complexity index is 681. The van der Waals surface area contributed by atoms with Gasteiger partial charge in [-0.05, 0) is 24.1 Å². The zero-order chi connectivity index (χ0) is 13.9. The first kappa shape index (κ1) is 12.7. The van der Waals surface area contributed by atoms with Crippen LogP contribution in [0.5, 0.6) is 0 Å². The van der Waals surface area contributed by atoms with Crippen LogP contribution >= 0.6 is 0 Å². The molecular weight excluding hydrogens is 248 g/mol. The van der Waals surface area contributed by atoms with Crippen LogP contribution in [-0.4, -0.2) is 28.9 Å². The summed E-state index contributed by atoms with van der Waals surface area (Å²) >= 11 is 0. The Morgan fingerprint density at radius 3 is 3.05 bits per heavy atom. The van der Waals surface area contributed by atoms with Gasteiger partial charge in [0.25, 0.3) is 0 Å². The highest BCUT2D eigenvalue weighted by molar-refractivity contribution is 5.82. The van der Waals surface area contributed by atoms with Crippen LogP contribution in [-0.2, 0) is 11.2 Å². The highest BCUT2D eigenvalue weighted by atomic mass is 16.2. The molecule has 1 aromatic carbocycles. The standard InChI is InChI=1S/C17H16N2O/c1-2-13-11-17(20)19(12-13)10-8-14-5-3-7-16-15(14)6-4-9-18-16/h1,3-7,9,13H,8,10-12H2. The predicted molar refractivity (Wildman–Crippen MR) is 79.0 cm³/mol. The molecule has 1 unspecified atom stereocenters. The van der Waals surface area contributed by atoms with Crippen LogP contribution in [0.25, 0.3) is 10.9 Å². The van der Waals surface area contributed by atoms with Gasteiger partial charge in [-0.15, -0.1) is 12.3 Å². The summed E-state index contributed by atoms with van der Waals surface area (Å²) in [5.41, 5.74) is 2.23. The van der Waals surface area contributed by atoms with Gasteiger partial charge < -0.3 is 4.90 Å². The first-order chi connectivity index (χ1) is 9.78. The lowest BCUT2D eigenvalue weighted by Crippen LogP contribution is -2.27. The third-order valence-electron chi connectivity index (χ3n) is 3.84. The molecule has 0 radical (unpaired) electrons. The number of aromatic nitrogens is 1. The molecular formula is C17H16N2O. The average molecular weight is 264 g/mol. The van der Waals surface area contributed by atoms with E-state index in [4.69, 9.17) is 6.42 Å². The maximum atomic E-state index is 11.8. The van der Waals surface area contributed by atoms with E-state index in [-0.39, 0.29) is 11.8 Å². The molecule has 1 fully saturated rings. The Labute approximate surface area is 118 Å². The van der Waals surface area contributed by atoms with Gasteiger partial charge >= 0.3 is 0 Å². The minimum absolute atomic E-state index is 0.0803. The van der Waals surface area contributed by atoms with Gasteiger partial charge in [-0.3, -0.25) is 9.78 Å². The van der Waals surface area contributed by atoms with Crippen molar-refractivity contribution < 1.29 is 4.79 Å². The zero-order valence-electron chi connectivity index (χ0n) is 11.2. The van der Waals surface area contributed by atoms with Crippen molar-refractivity contribution in [1.29, 1.82) is 0 Å². The molecule has 3 rings (SSSR count). The molecule has 0 bridgehead atoms. The van der Waals surface area contributed by atoms with E-state index < -0.39 is 0 Å². The molecule has 1 amide bonds. The predicted octanol–water partition coefficient (Wildman–Crippen LogP) is 2.26. The number of likely N-dealkylation sites (tertiary alicyclic amines) is 1. The van der Waals surface area contributed by atoms with Gasteiger partial charge in [0, 0.05) is 37.0 Å². The summed E-state index contributed by atoms with van der Waals surface area (Å²) in [5.74, 6) is 2.93. The second kappa shape index (κ2) is 5.34. The minimum Gasteiger partial charge on any atom is -0.341 e. The van der Waals surface area contributed by atoms with Gasteiger partial charge in [-0.25, -0.2) is 0 Å². The van der Waals surface area contributed by atoms with Crippen LogP contribution < -0.4 is 0 Å². The minimum atomic E-state index is 0.0803. The number of benzene rings is 1. The lowest BCUT2D eigenvalue weighted by molar-refractivity contribution is -0.127. The van der Waals surface area contributed by atoms with Crippen molar-refractivity contribution in [3.63, 3.8) is 0 Å². The Balaban J connectivity index is 1.75. The normalized spacial score (nSPS) is 18.4. The second-order valence-electron chi connectivity index (χ2n) is 5.14. The molecule has 1 aromatic heterocycles. The number of rotatable bonds is 3. The Morgan fingerprint density at radius 1 is 1.35 bits per heavy atom. The molecule has 20 heavy (non-hydrogen) atoms. The molecule has 1 aliphatic rings. The summed E-state index contributed by atoms with van der Waals surface area (Å²) in [6, 6.07) is 10.1. The smallest absolute Gasteiger partial charge is 0.223 e. The van der Waals surface area contributed by atoms with E-state index in [9.17, 15) is 4.79 Å². The molecule has 0 aliphatic carbocycles. The van der Waals surface area contributed by atoms with Gasteiger partial charge in [0.1, 0.15) is 0 Å². The van der Waals surface area contributed by atoms with Crippen LogP contribution in [0, 0.1) is 18.3 Å². The topological polar surface area (TPSA) is 33.2 Å². The van der Waals surface area contributed by atoms with E-state index >= 15 is 0 Å². The van der Waals surface area contributed by atoms with Gasteiger partial charge in [0.2, 0.25) is 5.91 Å². The molecule has 3 nitrogen and oxygen atoms in total. The van der Waals surface area contributed by atoms with Gasteiger partial charge in [-0.2, -0.15) is 0 Å². The second-order valence-corrected chi connectivity index (χ2v) is 5.14. The third kappa shape index (κ3) is 2.37. The van der Waals surface area contributed by atoms with Crippen molar-refractivity contribution in [2.45, 2.75) is 12.8 Å². The number of fused-ring (bicyclic) bond motifs is 1. The molecule has 1 atom stereocenters. The van der Waals surface area contributed by atoms with Crippen LogP contribution in [0.3, 0.4) is 0 Å². The lowest BCUT2D eigenvalue weighted by Gasteiger charge is -2.16. The summed E-state index contributed by atoms with van der Waals surface area (Å²) < 4.78 is 0. The number of carbonyl (C=O) groups is 1. The maximum Gasteiger partial charge on any atom is 0.223 e. The van der Waals surface area contributed by atoms with Crippen molar-refractivity contribution in [1.82, 2.24) is 9.88 Å². The van der Waals surface area contributed by atoms with E-state index in [0.717, 1.165) is 23.9 Å². The first-order valence-corrected chi connectivity index (χ1v) is 6.84. The lowest BCUT2D eigenvalue weighted by atomic mass is 10.1. The van der Waals surface area contributed by atoms with E-state index in [1.165, 1.54) is 5.56 Å². The molecule has 2 heterocycles. The van der Waals surface area contributed by atoms with Crippen LogP contribution in [0.2, 0.25) is 0 Å². The number of hydrogen-bond acceptors (Lipinski definition) is 2. The number of terminal acetylenes is 1. The Morgan fingerprint density at radius 2 is 2.25 bits per heavy atom. The first-order valence-electron chi connectivity index (χ1n) is 6.84. The monoisotopic (exact) mass is 264 g/mol. The Hall–Kier alpha value is -2.34. The molecule has 1 saturated heterocycles. The fourth-order valence-electron chi connectivity index (χ4n) is 2.74. The quantitative estimate of drug-likeness (QED) is 0.797. The number of carbonyl (C=O) groups excluding carboxylic acids is 1. The average Bonchev–Trinajstić information content (AvgIpc) is 2.85. The molecule has 2 aromatic rings. The SMILES string of the molecule is C#CC1CC(=O)N(CCc2cccc3ncccc23)C1. The van der Waals surface area contributed by atoms with Crippen molar-refractivity contribution in [2.24, 2.45) is 5.92 Å². The van der Waals surface area contributed by atoms with E-state index in [1.54, 1.807) is 6.20 Å². The zero-order valence-corrected chi connectivity index (χ0v) is 11.2. The summed E-state index contributed by atoms with van der Waals surface area (Å²) in [4.78, 5) is 18.1.